The molecule has 3 nitrogen and oxygen atoms in total. The van der Waals surface area contributed by atoms with E-state index in [4.69, 9.17) is 10.7 Å². The molecule has 0 aromatic carbocycles. The van der Waals surface area contributed by atoms with Gasteiger partial charge in [0.05, 0.1) is 10.2 Å². The zero-order chi connectivity index (χ0) is 12.5. The lowest BCUT2D eigenvalue weighted by Crippen LogP contribution is -2.09. The van der Waals surface area contributed by atoms with E-state index >= 15 is 0 Å². The second-order valence-electron chi connectivity index (χ2n) is 5.63. The van der Waals surface area contributed by atoms with Gasteiger partial charge in [-0.3, -0.25) is 0 Å². The van der Waals surface area contributed by atoms with E-state index in [1.54, 1.807) is 0 Å². The number of nitrogens with zero attached hydrogens (tertiary/aromatic N) is 2. The summed E-state index contributed by atoms with van der Waals surface area (Å²) in [6.07, 6.45) is 10.3. The topological polar surface area (TPSA) is 51.8 Å². The summed E-state index contributed by atoms with van der Waals surface area (Å²) in [5.74, 6) is 2.78. The molecule has 1 heterocycles. The van der Waals surface area contributed by atoms with Crippen molar-refractivity contribution in [2.45, 2.75) is 63.2 Å². The molecule has 2 aliphatic rings. The number of anilines is 1. The third kappa shape index (κ3) is 2.53. The Bertz CT molecular complexity index is 435. The highest BCUT2D eigenvalue weighted by Crippen LogP contribution is 2.44. The van der Waals surface area contributed by atoms with Gasteiger partial charge >= 0.3 is 0 Å². The molecule has 2 fully saturated rings. The van der Waals surface area contributed by atoms with Crippen LogP contribution in [0.3, 0.4) is 0 Å². The Labute approximate surface area is 117 Å². The van der Waals surface area contributed by atoms with Gasteiger partial charge in [0.1, 0.15) is 11.6 Å². The maximum atomic E-state index is 6.03. The van der Waals surface area contributed by atoms with Gasteiger partial charge in [-0.05, 0) is 41.6 Å². The van der Waals surface area contributed by atoms with Gasteiger partial charge in [-0.15, -0.1) is 0 Å². The fraction of sp³-hybridized carbons (Fsp3) is 0.714. The molecule has 98 valence electrons. The van der Waals surface area contributed by atoms with Crippen molar-refractivity contribution in [1.29, 1.82) is 0 Å². The van der Waals surface area contributed by atoms with Gasteiger partial charge in [-0.25, -0.2) is 9.97 Å². The van der Waals surface area contributed by atoms with Gasteiger partial charge in [-0.1, -0.05) is 25.7 Å². The normalized spacial score (nSPS) is 21.8. The summed E-state index contributed by atoms with van der Waals surface area (Å²) in [6, 6.07) is 0. The molecule has 2 saturated carbocycles. The highest BCUT2D eigenvalue weighted by molar-refractivity contribution is 9.10. The van der Waals surface area contributed by atoms with Crippen molar-refractivity contribution < 1.29 is 0 Å². The Hall–Kier alpha value is -0.640. The van der Waals surface area contributed by atoms with Crippen LogP contribution >= 0.6 is 15.9 Å². The first-order valence-corrected chi connectivity index (χ1v) is 7.88. The number of nitrogens with two attached hydrogens (primary N) is 1. The Morgan fingerprint density at radius 1 is 0.889 bits per heavy atom. The fourth-order valence-electron chi connectivity index (χ4n) is 2.85. The van der Waals surface area contributed by atoms with Crippen molar-refractivity contribution in [1.82, 2.24) is 9.97 Å². The zero-order valence-electron chi connectivity index (χ0n) is 10.7. The van der Waals surface area contributed by atoms with Crippen LogP contribution in [0.15, 0.2) is 4.47 Å². The minimum absolute atomic E-state index is 0.528. The van der Waals surface area contributed by atoms with Gasteiger partial charge in [0.15, 0.2) is 0 Å². The first kappa shape index (κ1) is 12.4. The van der Waals surface area contributed by atoms with Gasteiger partial charge in [0.2, 0.25) is 0 Å². The molecular formula is C14H20BrN3. The molecule has 4 heteroatoms. The number of rotatable bonds is 2. The summed E-state index contributed by atoms with van der Waals surface area (Å²) in [7, 11) is 0. The van der Waals surface area contributed by atoms with Crippen molar-refractivity contribution in [2.24, 2.45) is 0 Å². The third-order valence-electron chi connectivity index (χ3n) is 4.10. The average Bonchev–Trinajstić information content (AvgIpc) is 3.17. The third-order valence-corrected chi connectivity index (χ3v) is 4.92. The number of halogens is 1. The molecule has 0 spiro atoms. The number of hydrogen-bond acceptors (Lipinski definition) is 3. The first-order chi connectivity index (χ1) is 8.75. The Morgan fingerprint density at radius 3 is 2.17 bits per heavy atom. The molecule has 0 aliphatic heterocycles. The van der Waals surface area contributed by atoms with Crippen LogP contribution in [0.25, 0.3) is 0 Å². The van der Waals surface area contributed by atoms with Gasteiger partial charge < -0.3 is 5.73 Å². The van der Waals surface area contributed by atoms with Gasteiger partial charge in [-0.2, -0.15) is 0 Å². The largest absolute Gasteiger partial charge is 0.383 e. The number of nitrogen functional groups attached to an aromatic ring is 1. The van der Waals surface area contributed by atoms with E-state index in [1.165, 1.54) is 51.4 Å². The highest BCUT2D eigenvalue weighted by Gasteiger charge is 2.30. The van der Waals surface area contributed by atoms with Crippen LogP contribution in [0.4, 0.5) is 5.82 Å². The minimum atomic E-state index is 0.528. The molecule has 3 rings (SSSR count). The molecule has 1 aromatic rings. The van der Waals surface area contributed by atoms with E-state index in [1.807, 2.05) is 0 Å². The van der Waals surface area contributed by atoms with E-state index in [0.717, 1.165) is 16.0 Å². The molecule has 2 aliphatic carbocycles. The van der Waals surface area contributed by atoms with Crippen molar-refractivity contribution in [3.8, 4) is 0 Å². The highest BCUT2D eigenvalue weighted by atomic mass is 79.9. The fourth-order valence-corrected chi connectivity index (χ4v) is 3.35. The van der Waals surface area contributed by atoms with E-state index in [2.05, 4.69) is 20.9 Å². The molecular weight excluding hydrogens is 290 g/mol. The number of hydrogen-bond donors (Lipinski definition) is 1. The van der Waals surface area contributed by atoms with Crippen LogP contribution in [-0.2, 0) is 0 Å². The molecule has 0 radical (unpaired) electrons. The lowest BCUT2D eigenvalue weighted by molar-refractivity contribution is 0.557. The lowest BCUT2D eigenvalue weighted by Gasteiger charge is -2.15. The van der Waals surface area contributed by atoms with Crippen molar-refractivity contribution >= 4 is 21.7 Å². The van der Waals surface area contributed by atoms with Crippen LogP contribution in [0.2, 0.25) is 0 Å². The molecule has 18 heavy (non-hydrogen) atoms. The quantitative estimate of drug-likeness (QED) is 0.835. The summed E-state index contributed by atoms with van der Waals surface area (Å²) in [6.45, 7) is 0. The predicted molar refractivity (Wildman–Crippen MR) is 76.6 cm³/mol. The van der Waals surface area contributed by atoms with Crippen molar-refractivity contribution in [2.75, 3.05) is 5.73 Å². The summed E-state index contributed by atoms with van der Waals surface area (Å²) in [4.78, 5) is 9.35. The minimum Gasteiger partial charge on any atom is -0.383 e. The Kier molecular flexibility index (Phi) is 3.55. The monoisotopic (exact) mass is 309 g/mol. The van der Waals surface area contributed by atoms with Crippen molar-refractivity contribution in [3.05, 3.63) is 16.0 Å². The maximum absolute atomic E-state index is 6.03. The molecule has 0 bridgehead atoms. The van der Waals surface area contributed by atoms with Crippen LogP contribution in [0, 0.1) is 0 Å². The van der Waals surface area contributed by atoms with Crippen LogP contribution < -0.4 is 5.73 Å². The van der Waals surface area contributed by atoms with Crippen LogP contribution in [0.5, 0.6) is 0 Å². The van der Waals surface area contributed by atoms with Gasteiger partial charge in [0, 0.05) is 11.8 Å². The van der Waals surface area contributed by atoms with Crippen LogP contribution in [0.1, 0.15) is 74.7 Å². The van der Waals surface area contributed by atoms with E-state index in [0.29, 0.717) is 17.7 Å². The second kappa shape index (κ2) is 5.16. The second-order valence-corrected chi connectivity index (χ2v) is 6.42. The summed E-state index contributed by atoms with van der Waals surface area (Å²) in [5, 5.41) is 0. The standard InChI is InChI=1S/C14H20BrN3/c15-11-12(9-7-8-9)17-14(18-13(11)16)10-5-3-1-2-4-6-10/h9-10H,1-8H2,(H2,16,17,18). The maximum Gasteiger partial charge on any atom is 0.141 e. The Morgan fingerprint density at radius 2 is 1.56 bits per heavy atom. The first-order valence-electron chi connectivity index (χ1n) is 7.08. The smallest absolute Gasteiger partial charge is 0.141 e. The molecule has 1 aromatic heterocycles. The lowest BCUT2D eigenvalue weighted by atomic mass is 9.99. The molecule has 0 amide bonds. The van der Waals surface area contributed by atoms with E-state index in [9.17, 15) is 0 Å². The summed E-state index contributed by atoms with van der Waals surface area (Å²) >= 11 is 3.54. The number of aromatic nitrogens is 2. The van der Waals surface area contributed by atoms with E-state index in [-0.39, 0.29) is 0 Å². The molecule has 0 unspecified atom stereocenters. The summed E-state index contributed by atoms with van der Waals surface area (Å²) < 4.78 is 0.933. The average molecular weight is 310 g/mol. The predicted octanol–water partition coefficient (Wildman–Crippen LogP) is 4.14. The van der Waals surface area contributed by atoms with Gasteiger partial charge in [0.25, 0.3) is 0 Å². The van der Waals surface area contributed by atoms with Crippen LogP contribution in [-0.4, -0.2) is 9.97 Å². The van der Waals surface area contributed by atoms with E-state index < -0.39 is 0 Å². The van der Waals surface area contributed by atoms with Crippen molar-refractivity contribution in [3.63, 3.8) is 0 Å². The summed E-state index contributed by atoms with van der Waals surface area (Å²) in [5.41, 5.74) is 7.19. The SMILES string of the molecule is Nc1nc(C2CCCCCC2)nc(C2CC2)c1Br. The molecule has 2 N–H and O–H groups in total. The molecule has 0 atom stereocenters. The molecule has 0 saturated heterocycles. The Balaban J connectivity index is 1.90. The zero-order valence-corrected chi connectivity index (χ0v) is 12.2.